The predicted molar refractivity (Wildman–Crippen MR) is 232 cm³/mol. The van der Waals surface area contributed by atoms with Gasteiger partial charge in [0.25, 0.3) is 0 Å². The van der Waals surface area contributed by atoms with Gasteiger partial charge < -0.3 is 19.1 Å². The quantitative estimate of drug-likeness (QED) is 0.0265. The second kappa shape index (κ2) is 40.1. The first-order chi connectivity index (χ1) is 26.7. The van der Waals surface area contributed by atoms with E-state index in [1.54, 1.807) is 0 Å². The molecule has 0 radical (unpaired) electrons. The van der Waals surface area contributed by atoms with Crippen molar-refractivity contribution in [3.05, 3.63) is 24.3 Å². The van der Waals surface area contributed by atoms with Gasteiger partial charge >= 0.3 is 17.9 Å². The van der Waals surface area contributed by atoms with Crippen LogP contribution in [0.4, 0.5) is 0 Å². The van der Waals surface area contributed by atoms with E-state index in [1.807, 2.05) is 0 Å². The number of hydrogen-bond donors (Lipinski definition) is 0. The number of unbranched alkanes of at least 4 members (excludes halogenated alkanes) is 22. The molecule has 0 fully saturated rings. The van der Waals surface area contributed by atoms with Gasteiger partial charge in [-0.1, -0.05) is 128 Å². The van der Waals surface area contributed by atoms with Crippen molar-refractivity contribution in [2.24, 2.45) is 11.8 Å². The monoisotopic (exact) mass is 776 g/mol. The fourth-order valence-corrected chi connectivity index (χ4v) is 7.20. The van der Waals surface area contributed by atoms with Gasteiger partial charge in [-0.3, -0.25) is 14.4 Å². The second-order valence-corrected chi connectivity index (χ2v) is 16.6. The Hall–Kier alpha value is -2.15. The molecule has 0 heterocycles. The average molecular weight is 776 g/mol. The smallest absolute Gasteiger partial charge is 0.306 e. The summed E-state index contributed by atoms with van der Waals surface area (Å²) in [4.78, 5) is 37.5. The van der Waals surface area contributed by atoms with Crippen LogP contribution in [-0.4, -0.2) is 63.8 Å². The number of hydrogen-bond acceptors (Lipinski definition) is 7. The lowest BCUT2D eigenvalue weighted by atomic mass is 9.92. The lowest BCUT2D eigenvalue weighted by Gasteiger charge is -2.24. The summed E-state index contributed by atoms with van der Waals surface area (Å²) >= 11 is 0. The number of rotatable bonds is 40. The fraction of sp³-hybridized carbons (Fsp3) is 0.854. The van der Waals surface area contributed by atoms with E-state index in [-0.39, 0.29) is 24.0 Å². The van der Waals surface area contributed by atoms with E-state index in [1.165, 1.54) is 143 Å². The maximum atomic E-state index is 13.0. The lowest BCUT2D eigenvalue weighted by molar-refractivity contribution is -0.151. The van der Waals surface area contributed by atoms with E-state index in [0.717, 1.165) is 57.9 Å². The lowest BCUT2D eigenvalue weighted by Crippen LogP contribution is -2.27. The Bertz CT molecular complexity index is 891. The predicted octanol–water partition coefficient (Wildman–Crippen LogP) is 13.3. The molecule has 7 nitrogen and oxygen atoms in total. The van der Waals surface area contributed by atoms with Crippen molar-refractivity contribution < 1.29 is 28.6 Å². The third kappa shape index (κ3) is 38.5. The highest BCUT2D eigenvalue weighted by Crippen LogP contribution is 2.21. The summed E-state index contributed by atoms with van der Waals surface area (Å²) in [5.41, 5.74) is 0. The summed E-state index contributed by atoms with van der Waals surface area (Å²) in [6.07, 6.45) is 44.3. The van der Waals surface area contributed by atoms with Crippen molar-refractivity contribution in [1.82, 2.24) is 4.90 Å². The van der Waals surface area contributed by atoms with E-state index in [4.69, 9.17) is 14.2 Å². The number of carbonyl (C=O) groups excluding carboxylic acids is 3. The molecule has 0 spiro atoms. The maximum absolute atomic E-state index is 13.0. The van der Waals surface area contributed by atoms with E-state index >= 15 is 0 Å². The van der Waals surface area contributed by atoms with Gasteiger partial charge in [-0.05, 0) is 116 Å². The largest absolute Gasteiger partial charge is 0.469 e. The SMILES string of the molecule is COC(=O)CCCCCCC/C=C\CCCCCCCCC(CCCCCCCC/C=C\CCCCCCCC(=O)OC)OC(=O)CC(C)C(C)CN(C)C. The summed E-state index contributed by atoms with van der Waals surface area (Å²) in [6, 6.07) is 0. The minimum atomic E-state index is -0.0925. The Balaban J connectivity index is 4.15. The van der Waals surface area contributed by atoms with Gasteiger partial charge in [0.15, 0.2) is 0 Å². The van der Waals surface area contributed by atoms with Crippen molar-refractivity contribution >= 4 is 17.9 Å². The van der Waals surface area contributed by atoms with Crippen molar-refractivity contribution in [1.29, 1.82) is 0 Å². The molecule has 2 atom stereocenters. The number of nitrogens with zero attached hydrogens (tertiary/aromatic N) is 1. The summed E-state index contributed by atoms with van der Waals surface area (Å²) in [5.74, 6) is 0.603. The van der Waals surface area contributed by atoms with Gasteiger partial charge in [0.1, 0.15) is 6.10 Å². The zero-order valence-electron chi connectivity index (χ0n) is 37.1. The molecule has 0 amide bonds. The highest BCUT2D eigenvalue weighted by atomic mass is 16.5. The zero-order valence-corrected chi connectivity index (χ0v) is 37.1. The molecule has 0 aromatic heterocycles. The minimum Gasteiger partial charge on any atom is -0.469 e. The van der Waals surface area contributed by atoms with Crippen molar-refractivity contribution in [2.45, 2.75) is 219 Å². The van der Waals surface area contributed by atoms with Crippen molar-refractivity contribution in [3.8, 4) is 0 Å². The second-order valence-electron chi connectivity index (χ2n) is 16.6. The van der Waals surface area contributed by atoms with E-state index in [9.17, 15) is 14.4 Å². The molecule has 0 aromatic carbocycles. The molecular weight excluding hydrogens is 687 g/mol. The third-order valence-corrected chi connectivity index (χ3v) is 11.0. The van der Waals surface area contributed by atoms with Gasteiger partial charge in [-0.2, -0.15) is 0 Å². The summed E-state index contributed by atoms with van der Waals surface area (Å²) in [6.45, 7) is 5.42. The number of ether oxygens (including phenoxy) is 3. The first-order valence-electron chi connectivity index (χ1n) is 23.0. The van der Waals surface area contributed by atoms with Gasteiger partial charge in [-0.15, -0.1) is 0 Å². The molecule has 0 N–H and O–H groups in total. The molecule has 7 heteroatoms. The minimum absolute atomic E-state index is 0.00418. The molecule has 0 saturated carbocycles. The Morgan fingerprint density at radius 3 is 1.13 bits per heavy atom. The van der Waals surface area contributed by atoms with Crippen LogP contribution in [-0.2, 0) is 28.6 Å². The molecule has 0 aliphatic heterocycles. The third-order valence-electron chi connectivity index (χ3n) is 11.0. The van der Waals surface area contributed by atoms with Crippen LogP contribution in [0.25, 0.3) is 0 Å². The van der Waals surface area contributed by atoms with E-state index in [0.29, 0.717) is 31.1 Å². The van der Waals surface area contributed by atoms with Crippen LogP contribution >= 0.6 is 0 Å². The summed E-state index contributed by atoms with van der Waals surface area (Å²) in [5, 5.41) is 0. The molecule has 322 valence electrons. The molecule has 2 unspecified atom stereocenters. The highest BCUT2D eigenvalue weighted by molar-refractivity contribution is 5.70. The zero-order chi connectivity index (χ0) is 40.6. The maximum Gasteiger partial charge on any atom is 0.306 e. The van der Waals surface area contributed by atoms with Crippen LogP contribution in [0.5, 0.6) is 0 Å². The van der Waals surface area contributed by atoms with Gasteiger partial charge in [-0.25, -0.2) is 0 Å². The standard InChI is InChI=1S/C48H89NO6/c1-43(44(2)42-49(3)4)41-48(52)55-45(37-33-29-25-21-17-13-9-7-11-15-19-23-27-31-35-39-46(50)53-5)38-34-30-26-22-18-14-10-8-12-16-20-24-28-32-36-40-47(51)54-6/h7-8,11-12,43-45H,9-10,13-42H2,1-6H3/b11-7-,12-8-. The molecule has 0 aliphatic carbocycles. The average Bonchev–Trinajstić information content (AvgIpc) is 3.16. The van der Waals surface area contributed by atoms with Crippen molar-refractivity contribution in [2.75, 3.05) is 34.9 Å². The van der Waals surface area contributed by atoms with Gasteiger partial charge in [0.05, 0.1) is 14.2 Å². The number of methoxy groups -OCH3 is 2. The molecule has 0 rings (SSSR count). The van der Waals surface area contributed by atoms with Gasteiger partial charge in [0, 0.05) is 25.8 Å². The first-order valence-corrected chi connectivity index (χ1v) is 23.0. The Morgan fingerprint density at radius 1 is 0.455 bits per heavy atom. The highest BCUT2D eigenvalue weighted by Gasteiger charge is 2.20. The van der Waals surface area contributed by atoms with Crippen LogP contribution in [0.15, 0.2) is 24.3 Å². The molecule has 55 heavy (non-hydrogen) atoms. The molecule has 0 bridgehead atoms. The number of carbonyl (C=O) groups is 3. The van der Waals surface area contributed by atoms with Crippen LogP contribution in [0, 0.1) is 11.8 Å². The molecule has 0 saturated heterocycles. The van der Waals surface area contributed by atoms with E-state index in [2.05, 4.69) is 57.1 Å². The van der Waals surface area contributed by atoms with Crippen LogP contribution in [0.1, 0.15) is 213 Å². The van der Waals surface area contributed by atoms with Gasteiger partial charge in [0.2, 0.25) is 0 Å². The Labute approximate surface area is 340 Å². The van der Waals surface area contributed by atoms with Crippen LogP contribution in [0.2, 0.25) is 0 Å². The number of allylic oxidation sites excluding steroid dienone is 4. The molecular formula is C48H89NO6. The van der Waals surface area contributed by atoms with Crippen LogP contribution in [0.3, 0.4) is 0 Å². The summed E-state index contributed by atoms with van der Waals surface area (Å²) in [7, 11) is 7.11. The van der Waals surface area contributed by atoms with E-state index < -0.39 is 0 Å². The fourth-order valence-electron chi connectivity index (χ4n) is 7.20. The Morgan fingerprint density at radius 2 is 0.782 bits per heavy atom. The molecule has 0 aromatic rings. The Kier molecular flexibility index (Phi) is 38.5. The molecule has 0 aliphatic rings. The topological polar surface area (TPSA) is 82.1 Å². The summed E-state index contributed by atoms with van der Waals surface area (Å²) < 4.78 is 15.5. The normalized spacial score (nSPS) is 12.9. The van der Waals surface area contributed by atoms with Crippen LogP contribution < -0.4 is 0 Å². The van der Waals surface area contributed by atoms with Crippen molar-refractivity contribution in [3.63, 3.8) is 0 Å². The number of esters is 3. The first kappa shape index (κ1) is 52.9.